The first kappa shape index (κ1) is 15.0. The van der Waals surface area contributed by atoms with Crippen LogP contribution in [0.4, 0.5) is 0 Å². The molecular formula is C12H16N2O2S2. The van der Waals surface area contributed by atoms with Crippen molar-refractivity contribution in [3.05, 3.63) is 29.8 Å². The van der Waals surface area contributed by atoms with Gasteiger partial charge in [-0.15, -0.1) is 0 Å². The van der Waals surface area contributed by atoms with Crippen LogP contribution < -0.4 is 4.72 Å². The number of hydrogen-bond acceptors (Lipinski definition) is 4. The Kier molecular flexibility index (Phi) is 5.66. The van der Waals surface area contributed by atoms with Gasteiger partial charge in [-0.3, -0.25) is 0 Å². The minimum Gasteiger partial charge on any atom is -0.211 e. The highest BCUT2D eigenvalue weighted by molar-refractivity contribution is 7.99. The van der Waals surface area contributed by atoms with E-state index >= 15 is 0 Å². The van der Waals surface area contributed by atoms with Crippen LogP contribution in [0.25, 0.3) is 0 Å². The van der Waals surface area contributed by atoms with Crippen LogP contribution in [0.15, 0.2) is 29.2 Å². The molecule has 1 aromatic carbocycles. The van der Waals surface area contributed by atoms with E-state index in [0.29, 0.717) is 17.4 Å². The molecule has 1 unspecified atom stereocenters. The Bertz CT molecular complexity index is 518. The summed E-state index contributed by atoms with van der Waals surface area (Å²) in [6.45, 7) is 2.48. The lowest BCUT2D eigenvalue weighted by molar-refractivity contribution is 0.579. The lowest BCUT2D eigenvalue weighted by Crippen LogP contribution is -2.26. The van der Waals surface area contributed by atoms with E-state index in [0.717, 1.165) is 6.42 Å². The molecule has 0 aliphatic rings. The van der Waals surface area contributed by atoms with E-state index in [1.807, 2.05) is 12.3 Å². The summed E-state index contributed by atoms with van der Waals surface area (Å²) in [5.41, 5.74) is 0.449. The molecule has 0 saturated carbocycles. The molecule has 0 aromatic heterocycles. The predicted octanol–water partition coefficient (Wildman–Crippen LogP) is 1.98. The van der Waals surface area contributed by atoms with Crippen molar-refractivity contribution in [3.8, 4) is 6.07 Å². The van der Waals surface area contributed by atoms with Gasteiger partial charge >= 0.3 is 0 Å². The summed E-state index contributed by atoms with van der Waals surface area (Å²) in [4.78, 5) is 0.193. The average Bonchev–Trinajstić information content (AvgIpc) is 2.38. The molecule has 1 atom stereocenters. The van der Waals surface area contributed by atoms with Crippen LogP contribution in [-0.4, -0.2) is 26.5 Å². The van der Waals surface area contributed by atoms with Crippen molar-refractivity contribution in [1.82, 2.24) is 4.72 Å². The summed E-state index contributed by atoms with van der Waals surface area (Å²) in [7, 11) is -3.46. The SMILES string of the molecule is CSC(C)CCNS(=O)(=O)c1ccc(C#N)cc1. The number of nitrogens with one attached hydrogen (secondary N) is 1. The molecule has 4 nitrogen and oxygen atoms in total. The molecule has 0 heterocycles. The number of nitriles is 1. The van der Waals surface area contributed by atoms with E-state index in [1.54, 1.807) is 11.8 Å². The zero-order chi connectivity index (χ0) is 13.6. The van der Waals surface area contributed by atoms with E-state index < -0.39 is 10.0 Å². The molecule has 0 bridgehead atoms. The first-order valence-electron chi connectivity index (χ1n) is 5.52. The molecule has 6 heteroatoms. The van der Waals surface area contributed by atoms with E-state index in [9.17, 15) is 8.42 Å². The Hall–Kier alpha value is -1.03. The normalized spacial score (nSPS) is 12.9. The fourth-order valence-corrected chi connectivity index (χ4v) is 2.71. The maximum Gasteiger partial charge on any atom is 0.240 e. The number of hydrogen-bond donors (Lipinski definition) is 1. The first-order valence-corrected chi connectivity index (χ1v) is 8.29. The van der Waals surface area contributed by atoms with E-state index in [-0.39, 0.29) is 4.90 Å². The number of sulfonamides is 1. The van der Waals surface area contributed by atoms with Crippen LogP contribution in [0.1, 0.15) is 18.9 Å². The van der Waals surface area contributed by atoms with Crippen molar-refractivity contribution in [2.45, 2.75) is 23.5 Å². The average molecular weight is 284 g/mol. The van der Waals surface area contributed by atoms with Crippen LogP contribution in [0.5, 0.6) is 0 Å². The molecule has 0 saturated heterocycles. The molecule has 0 aliphatic heterocycles. The third kappa shape index (κ3) is 4.33. The Morgan fingerprint density at radius 2 is 2.00 bits per heavy atom. The van der Waals surface area contributed by atoms with Gasteiger partial charge < -0.3 is 0 Å². The Labute approximate surface area is 112 Å². The highest BCUT2D eigenvalue weighted by Gasteiger charge is 2.13. The van der Waals surface area contributed by atoms with Crippen LogP contribution >= 0.6 is 11.8 Å². The summed E-state index contributed by atoms with van der Waals surface area (Å²) < 4.78 is 26.4. The molecule has 0 fully saturated rings. The van der Waals surface area contributed by atoms with Gasteiger partial charge in [-0.05, 0) is 36.9 Å². The van der Waals surface area contributed by atoms with Crippen molar-refractivity contribution >= 4 is 21.8 Å². The summed E-state index contributed by atoms with van der Waals surface area (Å²) in [6, 6.07) is 7.84. The van der Waals surface area contributed by atoms with Crippen LogP contribution in [-0.2, 0) is 10.0 Å². The molecule has 1 rings (SSSR count). The maximum atomic E-state index is 11.9. The standard InChI is InChI=1S/C12H16N2O2S2/c1-10(17-2)7-8-14-18(15,16)12-5-3-11(9-13)4-6-12/h3-6,10,14H,7-8H2,1-2H3. The molecule has 1 aromatic rings. The first-order chi connectivity index (χ1) is 8.49. The van der Waals surface area contributed by atoms with Crippen molar-refractivity contribution in [3.63, 3.8) is 0 Å². The van der Waals surface area contributed by atoms with Crippen molar-refractivity contribution in [2.24, 2.45) is 0 Å². The number of nitrogens with zero attached hydrogens (tertiary/aromatic N) is 1. The van der Waals surface area contributed by atoms with Gasteiger partial charge in [0.05, 0.1) is 16.5 Å². The van der Waals surface area contributed by atoms with Crippen LogP contribution in [0, 0.1) is 11.3 Å². The Balaban J connectivity index is 2.66. The summed E-state index contributed by atoms with van der Waals surface area (Å²) >= 11 is 1.71. The fourth-order valence-electron chi connectivity index (χ4n) is 1.31. The maximum absolute atomic E-state index is 11.9. The second kappa shape index (κ2) is 6.78. The minimum atomic E-state index is -3.46. The molecule has 98 valence electrons. The predicted molar refractivity (Wildman–Crippen MR) is 73.9 cm³/mol. The lowest BCUT2D eigenvalue weighted by Gasteiger charge is -2.09. The van der Waals surface area contributed by atoms with Gasteiger partial charge in [0, 0.05) is 11.8 Å². The summed E-state index contributed by atoms with van der Waals surface area (Å²) in [5, 5.41) is 9.07. The zero-order valence-electron chi connectivity index (χ0n) is 10.4. The van der Waals surface area contributed by atoms with Crippen molar-refractivity contribution in [1.29, 1.82) is 5.26 Å². The zero-order valence-corrected chi connectivity index (χ0v) is 12.0. The molecule has 1 N–H and O–H groups in total. The largest absolute Gasteiger partial charge is 0.240 e. The van der Waals surface area contributed by atoms with E-state index in [4.69, 9.17) is 5.26 Å². The highest BCUT2D eigenvalue weighted by Crippen LogP contribution is 2.12. The van der Waals surface area contributed by atoms with Crippen LogP contribution in [0.2, 0.25) is 0 Å². The Morgan fingerprint density at radius 1 is 1.39 bits per heavy atom. The van der Waals surface area contributed by atoms with E-state index in [2.05, 4.69) is 11.6 Å². The highest BCUT2D eigenvalue weighted by atomic mass is 32.2. The van der Waals surface area contributed by atoms with Gasteiger partial charge in [-0.1, -0.05) is 6.92 Å². The second-order valence-electron chi connectivity index (χ2n) is 3.87. The number of thioether (sulfide) groups is 1. The van der Waals surface area contributed by atoms with Crippen molar-refractivity contribution in [2.75, 3.05) is 12.8 Å². The number of benzene rings is 1. The second-order valence-corrected chi connectivity index (χ2v) is 6.91. The molecule has 0 radical (unpaired) electrons. The van der Waals surface area contributed by atoms with Crippen molar-refractivity contribution < 1.29 is 8.42 Å². The monoisotopic (exact) mass is 284 g/mol. The van der Waals surface area contributed by atoms with Crippen LogP contribution in [0.3, 0.4) is 0 Å². The van der Waals surface area contributed by atoms with Gasteiger partial charge in [0.1, 0.15) is 0 Å². The van der Waals surface area contributed by atoms with Gasteiger partial charge in [0.2, 0.25) is 10.0 Å². The quantitative estimate of drug-likeness (QED) is 0.867. The summed E-state index contributed by atoms with van der Waals surface area (Å²) in [6.07, 6.45) is 2.79. The van der Waals surface area contributed by atoms with Gasteiger partial charge in [-0.2, -0.15) is 17.0 Å². The van der Waals surface area contributed by atoms with Gasteiger partial charge in [-0.25, -0.2) is 13.1 Å². The lowest BCUT2D eigenvalue weighted by atomic mass is 10.2. The molecule has 18 heavy (non-hydrogen) atoms. The van der Waals surface area contributed by atoms with Gasteiger partial charge in [0.15, 0.2) is 0 Å². The third-order valence-corrected chi connectivity index (χ3v) is 5.06. The summed E-state index contributed by atoms with van der Waals surface area (Å²) in [5.74, 6) is 0. The smallest absolute Gasteiger partial charge is 0.211 e. The Morgan fingerprint density at radius 3 is 2.50 bits per heavy atom. The third-order valence-electron chi connectivity index (χ3n) is 2.54. The fraction of sp³-hybridized carbons (Fsp3) is 0.417. The van der Waals surface area contributed by atoms with Gasteiger partial charge in [0.25, 0.3) is 0 Å². The topological polar surface area (TPSA) is 70.0 Å². The molecular weight excluding hydrogens is 268 g/mol. The van der Waals surface area contributed by atoms with E-state index in [1.165, 1.54) is 24.3 Å². The molecule has 0 amide bonds. The molecule has 0 aliphatic carbocycles. The number of rotatable bonds is 6. The molecule has 0 spiro atoms. The minimum absolute atomic E-state index is 0.193.